The second-order valence-electron chi connectivity index (χ2n) is 8.38. The minimum atomic E-state index is -5.10. The first-order valence-electron chi connectivity index (χ1n) is 11.5. The van der Waals surface area contributed by atoms with Crippen molar-refractivity contribution >= 4 is 21.6 Å². The van der Waals surface area contributed by atoms with E-state index < -0.39 is 42.2 Å². The molecule has 1 atom stereocenters. The van der Waals surface area contributed by atoms with Crippen molar-refractivity contribution in [2.24, 2.45) is 0 Å². The molecule has 4 rings (SSSR count). The van der Waals surface area contributed by atoms with Crippen LogP contribution < -0.4 is 25.5 Å². The van der Waals surface area contributed by atoms with Crippen molar-refractivity contribution in [3.05, 3.63) is 68.9 Å². The number of thiophene rings is 1. The highest BCUT2D eigenvalue weighted by atomic mass is 32.1. The number of nitrogens with zero attached hydrogens (tertiary/aromatic N) is 1. The Morgan fingerprint density at radius 2 is 1.65 bits per heavy atom. The van der Waals surface area contributed by atoms with Gasteiger partial charge in [0.2, 0.25) is 0 Å². The van der Waals surface area contributed by atoms with E-state index in [2.05, 4.69) is 4.74 Å². The predicted octanol–water partition coefficient (Wildman–Crippen LogP) is 5.74. The van der Waals surface area contributed by atoms with E-state index >= 15 is 0 Å². The zero-order valence-electron chi connectivity index (χ0n) is 20.6. The van der Waals surface area contributed by atoms with Gasteiger partial charge < -0.3 is 19.3 Å². The fraction of sp³-hybridized carbons (Fsp3) is 0.280. The van der Waals surface area contributed by atoms with Gasteiger partial charge in [-0.15, -0.1) is 24.5 Å². The fourth-order valence-corrected chi connectivity index (χ4v) is 5.14. The van der Waals surface area contributed by atoms with Crippen LogP contribution in [0.3, 0.4) is 0 Å². The Balaban J connectivity index is 1.80. The minimum Gasteiger partial charge on any atom is -0.494 e. The topological polar surface area (TPSA) is 103 Å². The summed E-state index contributed by atoms with van der Waals surface area (Å²) in [7, 11) is 0. The van der Waals surface area contributed by atoms with Gasteiger partial charge in [0.05, 0.1) is 18.5 Å². The number of halogens is 6. The van der Waals surface area contributed by atoms with Crippen molar-refractivity contribution < 1.29 is 45.7 Å². The highest BCUT2D eigenvalue weighted by molar-refractivity contribution is 7.22. The molecule has 0 amide bonds. The molecule has 0 bridgehead atoms. The molecule has 214 valence electrons. The average molecular weight is 590 g/mol. The highest BCUT2D eigenvalue weighted by Gasteiger charge is 2.39. The van der Waals surface area contributed by atoms with Gasteiger partial charge in [-0.3, -0.25) is 14.3 Å². The van der Waals surface area contributed by atoms with Gasteiger partial charge in [0.1, 0.15) is 16.3 Å². The number of aromatic amines is 1. The van der Waals surface area contributed by atoms with Crippen molar-refractivity contribution in [1.82, 2.24) is 9.55 Å². The first-order valence-corrected chi connectivity index (χ1v) is 12.3. The minimum absolute atomic E-state index is 0.103. The number of aryl methyl sites for hydroxylation is 1. The molecule has 0 aliphatic heterocycles. The standard InChI is InChI=1S/C25H20F6N2O6S/c1-3-37-14-5-7-15(8-6-14)38-16-9-4-13(10-17(16)39-25(29,30)31)20-12(2)19-21(35)32-23(36)33(22(19)40-20)11-18(34)24(26,27)28/h4-10,18,34H,3,11H2,1-2H3,(H,32,35,36)/t18-/m1/s1. The molecule has 40 heavy (non-hydrogen) atoms. The largest absolute Gasteiger partial charge is 0.573 e. The Kier molecular flexibility index (Phi) is 7.90. The van der Waals surface area contributed by atoms with Gasteiger partial charge in [-0.25, -0.2) is 4.79 Å². The van der Waals surface area contributed by atoms with Gasteiger partial charge in [-0.2, -0.15) is 13.2 Å². The van der Waals surface area contributed by atoms with Crippen molar-refractivity contribution in [2.45, 2.75) is 39.0 Å². The first kappa shape index (κ1) is 29.0. The summed E-state index contributed by atoms with van der Waals surface area (Å²) in [6, 6.07) is 9.64. The van der Waals surface area contributed by atoms with Crippen LogP contribution in [0, 0.1) is 6.92 Å². The zero-order valence-corrected chi connectivity index (χ0v) is 21.5. The molecule has 0 unspecified atom stereocenters. The van der Waals surface area contributed by atoms with Gasteiger partial charge in [-0.05, 0) is 67.4 Å². The summed E-state index contributed by atoms with van der Waals surface area (Å²) >= 11 is 0.700. The molecule has 0 spiro atoms. The predicted molar refractivity (Wildman–Crippen MR) is 133 cm³/mol. The maximum absolute atomic E-state index is 13.3. The molecular formula is C25H20F6N2O6S. The van der Waals surface area contributed by atoms with Gasteiger partial charge in [0.25, 0.3) is 5.56 Å². The van der Waals surface area contributed by atoms with E-state index in [0.717, 1.165) is 6.07 Å². The van der Waals surface area contributed by atoms with Crippen LogP contribution in [-0.4, -0.2) is 39.9 Å². The second-order valence-corrected chi connectivity index (χ2v) is 9.38. The number of rotatable bonds is 8. The van der Waals surface area contributed by atoms with Crippen LogP contribution in [0.15, 0.2) is 52.1 Å². The summed E-state index contributed by atoms with van der Waals surface area (Å²) in [5.74, 6) is -0.324. The molecule has 2 heterocycles. The smallest absolute Gasteiger partial charge is 0.494 e. The van der Waals surface area contributed by atoms with E-state index in [4.69, 9.17) is 9.47 Å². The van der Waals surface area contributed by atoms with Crippen LogP contribution in [0.25, 0.3) is 20.7 Å². The van der Waals surface area contributed by atoms with E-state index in [1.54, 1.807) is 19.1 Å². The van der Waals surface area contributed by atoms with Gasteiger partial charge in [-0.1, -0.05) is 0 Å². The summed E-state index contributed by atoms with van der Waals surface area (Å²) < 4.78 is 94.3. The molecule has 4 aromatic rings. The monoisotopic (exact) mass is 590 g/mol. The lowest BCUT2D eigenvalue weighted by molar-refractivity contribution is -0.275. The van der Waals surface area contributed by atoms with Crippen molar-refractivity contribution in [3.63, 3.8) is 0 Å². The number of fused-ring (bicyclic) bond motifs is 1. The van der Waals surface area contributed by atoms with Crippen LogP contribution in [0.1, 0.15) is 12.5 Å². The number of aliphatic hydroxyl groups excluding tert-OH is 1. The van der Waals surface area contributed by atoms with E-state index in [1.165, 1.54) is 31.2 Å². The van der Waals surface area contributed by atoms with Crippen LogP contribution in [-0.2, 0) is 6.54 Å². The van der Waals surface area contributed by atoms with E-state index in [0.29, 0.717) is 28.3 Å². The van der Waals surface area contributed by atoms with Crippen molar-refractivity contribution in [3.8, 4) is 33.4 Å². The Morgan fingerprint density at radius 3 is 2.25 bits per heavy atom. The number of aromatic nitrogens is 2. The van der Waals surface area contributed by atoms with E-state index in [1.807, 2.05) is 4.98 Å². The maximum Gasteiger partial charge on any atom is 0.573 e. The Labute approximate surface area is 225 Å². The summed E-state index contributed by atoms with van der Waals surface area (Å²) in [5, 5.41) is 9.36. The molecule has 0 saturated heterocycles. The Bertz CT molecular complexity index is 1640. The van der Waals surface area contributed by atoms with Crippen LogP contribution in [0.2, 0.25) is 0 Å². The quantitative estimate of drug-likeness (QED) is 0.254. The lowest BCUT2D eigenvalue weighted by Gasteiger charge is -2.16. The van der Waals surface area contributed by atoms with Crippen molar-refractivity contribution in [1.29, 1.82) is 0 Å². The summed E-state index contributed by atoms with van der Waals surface area (Å²) in [4.78, 5) is 26.8. The Morgan fingerprint density at radius 1 is 1.00 bits per heavy atom. The molecule has 2 N–H and O–H groups in total. The SMILES string of the molecule is CCOc1ccc(Oc2ccc(-c3sc4c(c3C)c(=O)[nH]c(=O)n4C[C@@H](O)C(F)(F)F)cc2OC(F)(F)F)cc1. The van der Waals surface area contributed by atoms with Crippen LogP contribution in [0.4, 0.5) is 26.3 Å². The Hall–Kier alpha value is -3.98. The molecule has 15 heteroatoms. The summed E-state index contributed by atoms with van der Waals surface area (Å²) in [5.41, 5.74) is -1.80. The number of ether oxygens (including phenoxy) is 3. The first-order chi connectivity index (χ1) is 18.7. The van der Waals surface area contributed by atoms with Gasteiger partial charge in [0.15, 0.2) is 17.6 Å². The molecule has 2 aromatic carbocycles. The van der Waals surface area contributed by atoms with Crippen molar-refractivity contribution in [2.75, 3.05) is 6.61 Å². The third-order valence-electron chi connectivity index (χ3n) is 5.59. The molecule has 0 saturated carbocycles. The number of hydrogen-bond donors (Lipinski definition) is 2. The maximum atomic E-state index is 13.3. The molecule has 0 aliphatic carbocycles. The fourth-order valence-electron chi connectivity index (χ4n) is 3.83. The summed E-state index contributed by atoms with van der Waals surface area (Å²) in [6.45, 7) is 2.42. The lowest BCUT2D eigenvalue weighted by Crippen LogP contribution is -2.38. The van der Waals surface area contributed by atoms with E-state index in [9.17, 15) is 41.0 Å². The molecule has 8 nitrogen and oxygen atoms in total. The van der Waals surface area contributed by atoms with E-state index in [-0.39, 0.29) is 37.7 Å². The number of H-pyrrole nitrogens is 1. The average Bonchev–Trinajstić information content (AvgIpc) is 3.20. The number of hydrogen-bond acceptors (Lipinski definition) is 7. The third kappa shape index (κ3) is 6.25. The lowest BCUT2D eigenvalue weighted by atomic mass is 10.1. The second kappa shape index (κ2) is 10.9. The summed E-state index contributed by atoms with van der Waals surface area (Å²) in [6.07, 6.45) is -13.0. The van der Waals surface area contributed by atoms with Gasteiger partial charge >= 0.3 is 18.2 Å². The van der Waals surface area contributed by atoms with Gasteiger partial charge in [0, 0.05) is 4.88 Å². The molecule has 0 fully saturated rings. The zero-order chi connectivity index (χ0) is 29.4. The molecular weight excluding hydrogens is 570 g/mol. The van der Waals surface area contributed by atoms with Crippen LogP contribution in [0.5, 0.6) is 23.0 Å². The number of aliphatic hydroxyl groups is 1. The third-order valence-corrected chi connectivity index (χ3v) is 6.96. The number of alkyl halides is 6. The normalized spacial score (nSPS) is 12.9. The molecule has 0 aliphatic rings. The molecule has 0 radical (unpaired) electrons. The van der Waals surface area contributed by atoms with Crippen LogP contribution >= 0.6 is 11.3 Å². The molecule has 2 aromatic heterocycles. The number of nitrogens with one attached hydrogen (secondary N) is 1. The number of benzene rings is 2. The highest BCUT2D eigenvalue weighted by Crippen LogP contribution is 2.42.